The number of nitrogens with one attached hydrogen (secondary N) is 1. The van der Waals surface area contributed by atoms with E-state index in [9.17, 15) is 19.8 Å². The van der Waals surface area contributed by atoms with Gasteiger partial charge in [-0.3, -0.25) is 9.59 Å². The third kappa shape index (κ3) is 64.8. The summed E-state index contributed by atoms with van der Waals surface area (Å²) < 4.78 is 5.47. The van der Waals surface area contributed by atoms with Crippen molar-refractivity contribution >= 4 is 11.9 Å². The Morgan fingerprint density at radius 3 is 1.03 bits per heavy atom. The highest BCUT2D eigenvalue weighted by atomic mass is 16.5. The van der Waals surface area contributed by atoms with Crippen molar-refractivity contribution in [2.75, 3.05) is 13.2 Å². The van der Waals surface area contributed by atoms with Gasteiger partial charge in [0.15, 0.2) is 0 Å². The van der Waals surface area contributed by atoms with Crippen LogP contribution in [0.5, 0.6) is 0 Å². The molecule has 0 bridgehead atoms. The molecule has 6 heteroatoms. The summed E-state index contributed by atoms with van der Waals surface area (Å²) >= 11 is 0. The first kappa shape index (κ1) is 76.8. The predicted molar refractivity (Wildman–Crippen MR) is 347 cm³/mol. The van der Waals surface area contributed by atoms with Crippen LogP contribution in [0.2, 0.25) is 0 Å². The number of aliphatic hydroxyl groups excluding tert-OH is 2. The lowest BCUT2D eigenvalue weighted by molar-refractivity contribution is -0.143. The van der Waals surface area contributed by atoms with Crippen molar-refractivity contribution in [2.24, 2.45) is 0 Å². The van der Waals surface area contributed by atoms with Crippen LogP contribution < -0.4 is 5.32 Å². The minimum Gasteiger partial charge on any atom is -0.466 e. The fourth-order valence-electron chi connectivity index (χ4n) is 10.9. The molecule has 0 aromatic rings. The molecule has 0 spiro atoms. The van der Waals surface area contributed by atoms with Crippen molar-refractivity contribution in [3.8, 4) is 0 Å². The van der Waals surface area contributed by atoms with Crippen molar-refractivity contribution in [1.29, 1.82) is 0 Å². The molecule has 0 aliphatic carbocycles. The van der Waals surface area contributed by atoms with E-state index in [1.165, 1.54) is 302 Å². The van der Waals surface area contributed by atoms with E-state index in [4.69, 9.17) is 4.74 Å². The molecular formula is C73H137NO5. The molecule has 0 saturated carbocycles. The quantitative estimate of drug-likeness (QED) is 0.0320. The lowest BCUT2D eigenvalue weighted by Gasteiger charge is -2.20. The number of allylic oxidation sites excluding steroid dienone is 7. The Bertz CT molecular complexity index is 1320. The molecule has 0 aromatic carbocycles. The zero-order chi connectivity index (χ0) is 57.1. The average molecular weight is 1110 g/mol. The summed E-state index contributed by atoms with van der Waals surface area (Å²) in [4.78, 5) is 24.6. The zero-order valence-corrected chi connectivity index (χ0v) is 53.1. The van der Waals surface area contributed by atoms with Crippen LogP contribution in [0.3, 0.4) is 0 Å². The van der Waals surface area contributed by atoms with Crippen LogP contribution in [0, 0.1) is 0 Å². The number of aliphatic hydroxyl groups is 2. The number of rotatable bonds is 66. The van der Waals surface area contributed by atoms with Gasteiger partial charge in [0.1, 0.15) is 0 Å². The Hall–Kier alpha value is -2.18. The van der Waals surface area contributed by atoms with Crippen molar-refractivity contribution in [3.05, 3.63) is 48.6 Å². The lowest BCUT2D eigenvalue weighted by Crippen LogP contribution is -2.45. The number of hydrogen-bond acceptors (Lipinski definition) is 5. The second kappa shape index (κ2) is 68.3. The fraction of sp³-hybridized carbons (Fsp3) is 0.863. The summed E-state index contributed by atoms with van der Waals surface area (Å²) in [6.45, 7) is 4.86. The molecule has 464 valence electrons. The van der Waals surface area contributed by atoms with Crippen molar-refractivity contribution < 1.29 is 24.5 Å². The van der Waals surface area contributed by atoms with E-state index in [2.05, 4.69) is 55.6 Å². The maximum absolute atomic E-state index is 12.5. The van der Waals surface area contributed by atoms with Gasteiger partial charge in [-0.15, -0.1) is 0 Å². The highest BCUT2D eigenvalue weighted by Crippen LogP contribution is 2.18. The molecule has 0 aromatic heterocycles. The molecule has 0 rings (SSSR count). The average Bonchev–Trinajstić information content (AvgIpc) is 3.45. The molecule has 6 nitrogen and oxygen atoms in total. The van der Waals surface area contributed by atoms with Crippen LogP contribution in [-0.4, -0.2) is 47.4 Å². The van der Waals surface area contributed by atoms with Gasteiger partial charge < -0.3 is 20.3 Å². The number of hydrogen-bond donors (Lipinski definition) is 3. The summed E-state index contributed by atoms with van der Waals surface area (Å²) in [5.74, 6) is -0.0723. The molecular weight excluding hydrogens is 971 g/mol. The minimum atomic E-state index is -0.850. The number of carbonyl (C=O) groups is 2. The van der Waals surface area contributed by atoms with Crippen LogP contribution in [0.4, 0.5) is 0 Å². The van der Waals surface area contributed by atoms with E-state index < -0.39 is 12.1 Å². The molecule has 79 heavy (non-hydrogen) atoms. The maximum Gasteiger partial charge on any atom is 0.305 e. The summed E-state index contributed by atoms with van der Waals surface area (Å²) in [5.41, 5.74) is 0. The van der Waals surface area contributed by atoms with Crippen LogP contribution in [-0.2, 0) is 14.3 Å². The monoisotopic (exact) mass is 1110 g/mol. The number of amides is 1. The van der Waals surface area contributed by atoms with Crippen molar-refractivity contribution in [2.45, 2.75) is 392 Å². The molecule has 0 fully saturated rings. The lowest BCUT2D eigenvalue weighted by atomic mass is 10.0. The van der Waals surface area contributed by atoms with Gasteiger partial charge in [0.05, 0.1) is 25.4 Å². The summed E-state index contributed by atoms with van der Waals surface area (Å²) in [7, 11) is 0. The number of esters is 1. The first-order valence-corrected chi connectivity index (χ1v) is 35.4. The van der Waals surface area contributed by atoms with E-state index in [0.29, 0.717) is 19.4 Å². The highest BCUT2D eigenvalue weighted by molar-refractivity contribution is 5.76. The number of carbonyl (C=O) groups excluding carboxylic acids is 2. The minimum absolute atomic E-state index is 0.00315. The topological polar surface area (TPSA) is 95.9 Å². The fourth-order valence-corrected chi connectivity index (χ4v) is 10.9. The zero-order valence-electron chi connectivity index (χ0n) is 53.1. The van der Waals surface area contributed by atoms with E-state index in [0.717, 1.165) is 51.4 Å². The molecule has 0 aliphatic heterocycles. The maximum atomic E-state index is 12.5. The SMILES string of the molecule is CCC/C=C\C/C=C\CCCCCCCC(=O)OCCCCCCCCCCCCCC/C=C\CCCCCCCCCCC(=O)NC(CO)C(O)/C=C/CCCCCCCCCCCCCCCCCCCCCCCCC. The van der Waals surface area contributed by atoms with Gasteiger partial charge in [-0.25, -0.2) is 0 Å². The van der Waals surface area contributed by atoms with Crippen LogP contribution >= 0.6 is 0 Å². The summed E-state index contributed by atoms with van der Waals surface area (Å²) in [5, 5.41) is 23.3. The third-order valence-corrected chi connectivity index (χ3v) is 16.3. The smallest absolute Gasteiger partial charge is 0.305 e. The predicted octanol–water partition coefficient (Wildman–Crippen LogP) is 22.9. The van der Waals surface area contributed by atoms with E-state index >= 15 is 0 Å². The van der Waals surface area contributed by atoms with Gasteiger partial charge in [0.2, 0.25) is 5.91 Å². The van der Waals surface area contributed by atoms with Gasteiger partial charge in [-0.05, 0) is 83.5 Å². The first-order valence-electron chi connectivity index (χ1n) is 35.4. The molecule has 0 aliphatic rings. The van der Waals surface area contributed by atoms with E-state index in [-0.39, 0.29) is 18.5 Å². The van der Waals surface area contributed by atoms with E-state index in [1.54, 1.807) is 6.08 Å². The molecule has 0 radical (unpaired) electrons. The normalized spacial score (nSPS) is 12.8. The standard InChI is InChI=1S/C73H137NO5/c1-3-5-7-9-11-13-15-17-18-19-20-21-22-23-26-29-32-35-38-42-45-49-53-57-61-65-71(76)70(69-75)74-72(77)66-62-58-54-50-46-43-39-36-33-30-27-24-25-28-31-34-37-40-44-48-52-56-60-64-68-79-73(78)67-63-59-55-51-47-41-16-14-12-10-8-6-4-2/h8,10,14,16,27,30,61,65,70-71,75-76H,3-7,9,11-13,15,17-26,28-29,31-60,62-64,66-69H2,1-2H3,(H,74,77)/b10-8-,16-14-,30-27-,65-61+. The summed E-state index contributed by atoms with van der Waals surface area (Å²) in [6.07, 6.45) is 89.0. The number of unbranched alkanes of at least 4 members (excludes halogenated alkanes) is 49. The first-order chi connectivity index (χ1) is 39.0. The Balaban J connectivity index is 3.44. The van der Waals surface area contributed by atoms with Gasteiger partial charge in [0.25, 0.3) is 0 Å². The van der Waals surface area contributed by atoms with Gasteiger partial charge in [0, 0.05) is 12.8 Å². The Morgan fingerprint density at radius 2 is 0.658 bits per heavy atom. The van der Waals surface area contributed by atoms with E-state index in [1.807, 2.05) is 6.08 Å². The molecule has 1 amide bonds. The van der Waals surface area contributed by atoms with Gasteiger partial charge in [-0.2, -0.15) is 0 Å². The van der Waals surface area contributed by atoms with Crippen LogP contribution in [0.25, 0.3) is 0 Å². The van der Waals surface area contributed by atoms with Gasteiger partial charge in [-0.1, -0.05) is 332 Å². The van der Waals surface area contributed by atoms with Crippen LogP contribution in [0.1, 0.15) is 380 Å². The van der Waals surface area contributed by atoms with Crippen molar-refractivity contribution in [1.82, 2.24) is 5.32 Å². The van der Waals surface area contributed by atoms with Gasteiger partial charge >= 0.3 is 5.97 Å². The summed E-state index contributed by atoms with van der Waals surface area (Å²) in [6, 6.07) is -0.634. The number of ether oxygens (including phenoxy) is 1. The molecule has 3 N–H and O–H groups in total. The second-order valence-corrected chi connectivity index (χ2v) is 24.2. The highest BCUT2D eigenvalue weighted by Gasteiger charge is 2.18. The third-order valence-electron chi connectivity index (χ3n) is 16.3. The largest absolute Gasteiger partial charge is 0.466 e. The van der Waals surface area contributed by atoms with Crippen molar-refractivity contribution in [3.63, 3.8) is 0 Å². The molecule has 0 saturated heterocycles. The Kier molecular flexibility index (Phi) is 66.4. The molecule has 2 atom stereocenters. The van der Waals surface area contributed by atoms with Crippen LogP contribution in [0.15, 0.2) is 48.6 Å². The Labute approximate surface area is 493 Å². The Morgan fingerprint density at radius 1 is 0.354 bits per heavy atom. The molecule has 0 heterocycles. The second-order valence-electron chi connectivity index (χ2n) is 24.2. The molecule has 2 unspecified atom stereocenters.